The van der Waals surface area contributed by atoms with Crippen molar-refractivity contribution < 1.29 is 50.3 Å². The Labute approximate surface area is 255 Å². The van der Waals surface area contributed by atoms with Gasteiger partial charge in [-0.05, 0) is 51.5 Å². The van der Waals surface area contributed by atoms with E-state index >= 15 is 0 Å². The van der Waals surface area contributed by atoms with E-state index in [1.165, 1.54) is 15.9 Å². The van der Waals surface area contributed by atoms with Gasteiger partial charge in [-0.25, -0.2) is 0 Å². The van der Waals surface area contributed by atoms with Gasteiger partial charge in [-0.15, -0.1) is 0 Å². The summed E-state index contributed by atoms with van der Waals surface area (Å²) in [4.78, 5) is 0. The van der Waals surface area contributed by atoms with E-state index in [2.05, 4.69) is 105 Å². The normalized spacial score (nSPS) is 16.4. The van der Waals surface area contributed by atoms with E-state index in [4.69, 9.17) is 32.9 Å². The third kappa shape index (κ3) is 9.60. The average molecular weight is 615 g/mol. The molecule has 0 aromatic heterocycles. The first-order valence-corrected chi connectivity index (χ1v) is 13.6. The molecule has 9 heteroatoms. The Morgan fingerprint density at radius 3 is 1.32 bits per heavy atom. The maximum atomic E-state index is 7.50. The van der Waals surface area contributed by atoms with Crippen molar-refractivity contribution in [2.45, 2.75) is 57.4 Å². The largest absolute Gasteiger partial charge is 0 e. The molecular formula is C32H35CrO7P. The van der Waals surface area contributed by atoms with Crippen molar-refractivity contribution >= 4 is 23.8 Å². The molecular weight excluding hydrogens is 579 g/mol. The van der Waals surface area contributed by atoms with Gasteiger partial charge in [0, 0.05) is 37.1 Å². The third-order valence-corrected chi connectivity index (χ3v) is 9.22. The Balaban J connectivity index is 0.00000215. The van der Waals surface area contributed by atoms with Crippen molar-refractivity contribution in [3.05, 3.63) is 110 Å². The molecule has 0 amide bonds. The van der Waals surface area contributed by atoms with Gasteiger partial charge in [0.15, 0.2) is 6.29 Å². The molecule has 1 saturated heterocycles. The molecule has 3 aromatic carbocycles. The van der Waals surface area contributed by atoms with Gasteiger partial charge in [0.2, 0.25) is 0 Å². The SMILES string of the molecule is COC(C)(C)[C@@H]1OC(c2ccccc2P(c2ccccc2)c2ccccc2)O[C@H]1C(C)(C)OC.[C-]#[O+].[C-]#[O+].[C-]#[O+].[Cr]. The van der Waals surface area contributed by atoms with Gasteiger partial charge >= 0.3 is 33.9 Å². The fourth-order valence-corrected chi connectivity index (χ4v) is 6.82. The maximum absolute atomic E-state index is 7.50. The molecule has 0 aliphatic carbocycles. The molecule has 0 saturated carbocycles. The topological polar surface area (TPSA) is 96.6 Å². The van der Waals surface area contributed by atoms with Crippen LogP contribution in [0.4, 0.5) is 0 Å². The minimum absolute atomic E-state index is 0. The average Bonchev–Trinajstić information content (AvgIpc) is 3.49. The fraction of sp³-hybridized carbons (Fsp3) is 0.344. The van der Waals surface area contributed by atoms with Gasteiger partial charge in [0.05, 0.1) is 11.2 Å². The van der Waals surface area contributed by atoms with Gasteiger partial charge in [0.1, 0.15) is 12.2 Å². The summed E-state index contributed by atoms with van der Waals surface area (Å²) >= 11 is 0. The maximum Gasteiger partial charge on any atom is 0 e. The van der Waals surface area contributed by atoms with Gasteiger partial charge < -0.3 is 18.9 Å². The Bertz CT molecular complexity index is 1130. The molecule has 0 unspecified atom stereocenters. The monoisotopic (exact) mass is 614 g/mol. The molecule has 2 atom stereocenters. The predicted molar refractivity (Wildman–Crippen MR) is 152 cm³/mol. The molecule has 4 rings (SSSR count). The van der Waals surface area contributed by atoms with Crippen LogP contribution < -0.4 is 15.9 Å². The van der Waals surface area contributed by atoms with E-state index in [9.17, 15) is 0 Å². The minimum atomic E-state index is -0.797. The summed E-state index contributed by atoms with van der Waals surface area (Å²) < 4.78 is 47.5. The van der Waals surface area contributed by atoms with Crippen LogP contribution in [0.15, 0.2) is 84.9 Å². The van der Waals surface area contributed by atoms with E-state index in [1.54, 1.807) is 14.2 Å². The van der Waals surface area contributed by atoms with E-state index in [0.717, 1.165) is 5.56 Å². The summed E-state index contributed by atoms with van der Waals surface area (Å²) in [5, 5.41) is 3.80. The quantitative estimate of drug-likeness (QED) is 0.204. The smallest absolute Gasteiger partial charge is 0 e. The van der Waals surface area contributed by atoms with E-state index in [0.29, 0.717) is 0 Å². The second-order valence-electron chi connectivity index (χ2n) is 9.63. The van der Waals surface area contributed by atoms with Crippen molar-refractivity contribution in [2.24, 2.45) is 0 Å². The van der Waals surface area contributed by atoms with Crippen LogP contribution in [0.2, 0.25) is 0 Å². The van der Waals surface area contributed by atoms with Crippen LogP contribution in [-0.4, -0.2) is 37.6 Å². The summed E-state index contributed by atoms with van der Waals surface area (Å²) in [6.07, 6.45) is -1.12. The summed E-state index contributed by atoms with van der Waals surface area (Å²) in [7, 11) is 2.63. The van der Waals surface area contributed by atoms with E-state index < -0.39 is 25.4 Å². The zero-order chi connectivity index (χ0) is 30.3. The molecule has 0 radical (unpaired) electrons. The molecule has 216 valence electrons. The third-order valence-electron chi connectivity index (χ3n) is 6.70. The van der Waals surface area contributed by atoms with Crippen LogP contribution >= 0.6 is 7.92 Å². The zero-order valence-electron chi connectivity index (χ0n) is 24.0. The number of rotatable bonds is 8. The van der Waals surface area contributed by atoms with E-state index in [-0.39, 0.29) is 29.6 Å². The first kappa shape index (κ1) is 38.7. The van der Waals surface area contributed by atoms with Crippen molar-refractivity contribution in [1.82, 2.24) is 0 Å². The summed E-state index contributed by atoms with van der Waals surface area (Å²) in [6.45, 7) is 21.6. The number of hydrogen-bond donors (Lipinski definition) is 0. The number of hydrogen-bond acceptors (Lipinski definition) is 4. The predicted octanol–water partition coefficient (Wildman–Crippen LogP) is 4.96. The summed E-state index contributed by atoms with van der Waals surface area (Å²) in [5.74, 6) is 0. The Hall–Kier alpha value is -2.32. The van der Waals surface area contributed by atoms with Crippen LogP contribution in [0.5, 0.6) is 0 Å². The van der Waals surface area contributed by atoms with Crippen LogP contribution in [0.1, 0.15) is 39.5 Å². The zero-order valence-corrected chi connectivity index (χ0v) is 26.2. The molecule has 7 nitrogen and oxygen atoms in total. The molecule has 0 bridgehead atoms. The van der Waals surface area contributed by atoms with Crippen LogP contribution in [0.3, 0.4) is 0 Å². The van der Waals surface area contributed by atoms with E-state index in [1.807, 2.05) is 27.7 Å². The first-order chi connectivity index (χ1) is 19.3. The Morgan fingerprint density at radius 2 is 0.951 bits per heavy atom. The summed E-state index contributed by atoms with van der Waals surface area (Å²) in [5.41, 5.74) is -0.0470. The van der Waals surface area contributed by atoms with Crippen molar-refractivity contribution in [3.63, 3.8) is 0 Å². The second kappa shape index (κ2) is 19.0. The number of ether oxygens (including phenoxy) is 4. The Kier molecular flexibility index (Phi) is 17.9. The van der Waals surface area contributed by atoms with Crippen LogP contribution in [-0.2, 0) is 50.3 Å². The van der Waals surface area contributed by atoms with Crippen molar-refractivity contribution in [3.8, 4) is 0 Å². The molecule has 41 heavy (non-hydrogen) atoms. The molecule has 3 aromatic rings. The van der Waals surface area contributed by atoms with Crippen LogP contribution in [0.25, 0.3) is 0 Å². The van der Waals surface area contributed by atoms with Gasteiger partial charge in [-0.1, -0.05) is 84.9 Å². The van der Waals surface area contributed by atoms with Gasteiger partial charge in [0.25, 0.3) is 0 Å². The number of benzene rings is 3. The first-order valence-electron chi connectivity index (χ1n) is 12.3. The standard InChI is InChI=1S/C29H35O4P.3CO.Cr/c1-28(2,30-5)25-26(29(3,4)31-6)33-27(32-25)23-19-13-14-20-24(23)34(21-15-9-7-10-16-21)22-17-11-8-12-18-22;3*1-2;/h7-20,25-27H,1-6H3;;;;/t25-,26-;;;;/m1..../s1. The Morgan fingerprint density at radius 1 is 0.610 bits per heavy atom. The number of methoxy groups -OCH3 is 2. The molecule has 1 aliphatic rings. The minimum Gasteiger partial charge on any atom is 0 e. The molecule has 1 heterocycles. The van der Waals surface area contributed by atoms with Gasteiger partial charge in [-0.2, -0.15) is 0 Å². The second-order valence-corrected chi connectivity index (χ2v) is 11.8. The van der Waals surface area contributed by atoms with Crippen molar-refractivity contribution in [2.75, 3.05) is 14.2 Å². The van der Waals surface area contributed by atoms with Crippen LogP contribution in [0, 0.1) is 20.0 Å². The summed E-state index contributed by atoms with van der Waals surface area (Å²) in [6, 6.07) is 29.9. The van der Waals surface area contributed by atoms with Crippen molar-refractivity contribution in [1.29, 1.82) is 0 Å². The molecule has 1 aliphatic heterocycles. The fourth-order valence-electron chi connectivity index (χ4n) is 4.35. The van der Waals surface area contributed by atoms with Gasteiger partial charge in [-0.3, -0.25) is 0 Å². The molecule has 0 N–H and O–H groups in total. The molecule has 0 spiro atoms. The molecule has 1 fully saturated rings.